The third-order valence-corrected chi connectivity index (χ3v) is 3.69. The Labute approximate surface area is 152 Å². The van der Waals surface area contributed by atoms with Crippen LogP contribution in [0, 0.1) is 5.92 Å². The van der Waals surface area contributed by atoms with E-state index in [1.165, 1.54) is 7.11 Å². The van der Waals surface area contributed by atoms with Crippen LogP contribution in [0.25, 0.3) is 6.08 Å². The van der Waals surface area contributed by atoms with E-state index in [0.717, 1.165) is 0 Å². The number of hydrogen-bond donors (Lipinski definition) is 1. The zero-order valence-corrected chi connectivity index (χ0v) is 15.3. The summed E-state index contributed by atoms with van der Waals surface area (Å²) < 4.78 is 10.4. The van der Waals surface area contributed by atoms with Gasteiger partial charge >= 0.3 is 0 Å². The number of Topliss-reactive ketones (excluding diaryl/α,β-unsaturated/α-hetero) is 1. The molecular formula is C20H22N2O4. The summed E-state index contributed by atoms with van der Waals surface area (Å²) in [5.41, 5.74) is 1.19. The molecule has 2 aromatic rings. The van der Waals surface area contributed by atoms with Crippen molar-refractivity contribution in [2.45, 2.75) is 13.8 Å². The van der Waals surface area contributed by atoms with Gasteiger partial charge in [0.1, 0.15) is 11.5 Å². The molecule has 0 saturated heterocycles. The highest BCUT2D eigenvalue weighted by Crippen LogP contribution is 2.29. The van der Waals surface area contributed by atoms with Crippen molar-refractivity contribution < 1.29 is 19.1 Å². The van der Waals surface area contributed by atoms with E-state index in [-0.39, 0.29) is 17.3 Å². The molecule has 6 heteroatoms. The molecule has 0 atom stereocenters. The van der Waals surface area contributed by atoms with E-state index in [9.17, 15) is 9.59 Å². The van der Waals surface area contributed by atoms with Crippen molar-refractivity contribution >= 4 is 23.5 Å². The highest BCUT2D eigenvalue weighted by atomic mass is 16.5. The van der Waals surface area contributed by atoms with Crippen molar-refractivity contribution in [2.24, 2.45) is 5.92 Å². The lowest BCUT2D eigenvalue weighted by Gasteiger charge is -2.14. The normalized spacial score (nSPS) is 11.2. The fourth-order valence-electron chi connectivity index (χ4n) is 2.28. The summed E-state index contributed by atoms with van der Waals surface area (Å²) in [7, 11) is 3.04. The van der Waals surface area contributed by atoms with E-state index in [2.05, 4.69) is 10.3 Å². The maximum Gasteiger partial charge on any atom is 0.259 e. The van der Waals surface area contributed by atoms with Crippen LogP contribution in [0.15, 0.2) is 48.3 Å². The largest absolute Gasteiger partial charge is 0.497 e. The Kier molecular flexibility index (Phi) is 6.49. The number of amides is 1. The molecule has 26 heavy (non-hydrogen) atoms. The maximum absolute atomic E-state index is 12.8. The highest BCUT2D eigenvalue weighted by Gasteiger charge is 2.22. The summed E-state index contributed by atoms with van der Waals surface area (Å²) in [4.78, 5) is 29.3. The number of carbonyl (C=O) groups is 2. The van der Waals surface area contributed by atoms with Crippen LogP contribution < -0.4 is 14.8 Å². The van der Waals surface area contributed by atoms with Crippen LogP contribution in [-0.4, -0.2) is 30.9 Å². The van der Waals surface area contributed by atoms with E-state index in [1.807, 2.05) is 0 Å². The highest BCUT2D eigenvalue weighted by molar-refractivity contribution is 6.26. The first-order valence-electron chi connectivity index (χ1n) is 8.15. The molecule has 6 nitrogen and oxygen atoms in total. The quantitative estimate of drug-likeness (QED) is 0.469. The van der Waals surface area contributed by atoms with Gasteiger partial charge in [0.05, 0.1) is 25.5 Å². The molecule has 1 aromatic carbocycles. The lowest BCUT2D eigenvalue weighted by atomic mass is 9.98. The average Bonchev–Trinajstić information content (AvgIpc) is 2.66. The van der Waals surface area contributed by atoms with Gasteiger partial charge in [-0.25, -0.2) is 0 Å². The molecule has 0 bridgehead atoms. The number of nitrogens with one attached hydrogen (secondary N) is 1. The van der Waals surface area contributed by atoms with Gasteiger partial charge < -0.3 is 14.8 Å². The van der Waals surface area contributed by atoms with Crippen molar-refractivity contribution in [3.05, 3.63) is 53.9 Å². The lowest BCUT2D eigenvalue weighted by Crippen LogP contribution is -2.23. The Balaban J connectivity index is 2.36. The number of carbonyl (C=O) groups excluding carboxylic acids is 2. The number of anilines is 1. The summed E-state index contributed by atoms with van der Waals surface area (Å²) in [6.07, 6.45) is 4.76. The fraction of sp³-hybridized carbons (Fsp3) is 0.250. The van der Waals surface area contributed by atoms with E-state index in [0.29, 0.717) is 22.7 Å². The number of ketones is 1. The number of ether oxygens (including phenoxy) is 2. The first-order chi connectivity index (χ1) is 12.5. The van der Waals surface area contributed by atoms with Crippen LogP contribution in [-0.2, 0) is 9.59 Å². The Hall–Kier alpha value is -3.15. The number of aromatic nitrogens is 1. The van der Waals surface area contributed by atoms with Gasteiger partial charge in [0.2, 0.25) is 0 Å². The lowest BCUT2D eigenvalue weighted by molar-refractivity contribution is -0.121. The van der Waals surface area contributed by atoms with Crippen LogP contribution in [0.5, 0.6) is 11.5 Å². The molecule has 0 aliphatic heterocycles. The second kappa shape index (κ2) is 8.80. The number of methoxy groups -OCH3 is 2. The first kappa shape index (κ1) is 19.2. The molecule has 0 fully saturated rings. The fourth-order valence-corrected chi connectivity index (χ4v) is 2.28. The molecule has 0 aliphatic carbocycles. The van der Waals surface area contributed by atoms with Gasteiger partial charge in [-0.15, -0.1) is 0 Å². The van der Waals surface area contributed by atoms with Gasteiger partial charge in [0.25, 0.3) is 5.91 Å². The molecule has 1 aromatic heterocycles. The number of rotatable bonds is 7. The van der Waals surface area contributed by atoms with E-state index in [1.54, 1.807) is 69.8 Å². The minimum absolute atomic E-state index is 0.0610. The third-order valence-electron chi connectivity index (χ3n) is 3.69. The maximum atomic E-state index is 12.8. The van der Waals surface area contributed by atoms with Gasteiger partial charge in [0.15, 0.2) is 5.78 Å². The summed E-state index contributed by atoms with van der Waals surface area (Å²) >= 11 is 0. The standard InChI is InChI=1S/C20H22N2O4/c1-13(2)19(23)16(10-14-6-5-9-21-12-14)20(24)22-17-8-7-15(25-3)11-18(17)26-4/h5-13H,1-4H3,(H,22,24). The molecule has 1 amide bonds. The number of benzene rings is 1. The Morgan fingerprint density at radius 1 is 1.15 bits per heavy atom. The molecule has 2 rings (SSSR count). The van der Waals surface area contributed by atoms with E-state index >= 15 is 0 Å². The number of hydrogen-bond acceptors (Lipinski definition) is 5. The van der Waals surface area contributed by atoms with Crippen molar-refractivity contribution in [1.29, 1.82) is 0 Å². The molecule has 136 valence electrons. The van der Waals surface area contributed by atoms with Crippen LogP contribution in [0.1, 0.15) is 19.4 Å². The van der Waals surface area contributed by atoms with Gasteiger partial charge in [-0.2, -0.15) is 0 Å². The molecule has 1 heterocycles. The molecule has 0 radical (unpaired) electrons. The van der Waals surface area contributed by atoms with Gasteiger partial charge in [0, 0.05) is 24.4 Å². The first-order valence-corrected chi connectivity index (χ1v) is 8.15. The van der Waals surface area contributed by atoms with Gasteiger partial charge in [-0.1, -0.05) is 19.9 Å². The van der Waals surface area contributed by atoms with Crippen LogP contribution >= 0.6 is 0 Å². The number of pyridine rings is 1. The predicted octanol–water partition coefficient (Wildman–Crippen LogP) is 3.35. The number of nitrogens with zero attached hydrogens (tertiary/aromatic N) is 1. The topological polar surface area (TPSA) is 77.5 Å². The SMILES string of the molecule is COc1ccc(NC(=O)C(=Cc2cccnc2)C(=O)C(C)C)c(OC)c1. The Morgan fingerprint density at radius 3 is 2.50 bits per heavy atom. The monoisotopic (exact) mass is 354 g/mol. The van der Waals surface area contributed by atoms with Crippen molar-refractivity contribution in [3.63, 3.8) is 0 Å². The zero-order valence-electron chi connectivity index (χ0n) is 15.3. The molecule has 0 saturated carbocycles. The van der Waals surface area contributed by atoms with E-state index in [4.69, 9.17) is 9.47 Å². The summed E-state index contributed by atoms with van der Waals surface area (Å²) in [5.74, 6) is -0.0315. The molecular weight excluding hydrogens is 332 g/mol. The summed E-state index contributed by atoms with van der Waals surface area (Å²) in [6, 6.07) is 8.55. The minimum Gasteiger partial charge on any atom is -0.497 e. The van der Waals surface area contributed by atoms with Crippen molar-refractivity contribution in [2.75, 3.05) is 19.5 Å². The molecule has 0 unspecified atom stereocenters. The van der Waals surface area contributed by atoms with Crippen LogP contribution in [0.3, 0.4) is 0 Å². The molecule has 0 aliphatic rings. The van der Waals surface area contributed by atoms with Gasteiger partial charge in [-0.3, -0.25) is 14.6 Å². The van der Waals surface area contributed by atoms with Crippen LogP contribution in [0.2, 0.25) is 0 Å². The zero-order chi connectivity index (χ0) is 19.1. The molecule has 0 spiro atoms. The predicted molar refractivity (Wildman–Crippen MR) is 100 cm³/mol. The Morgan fingerprint density at radius 2 is 1.92 bits per heavy atom. The second-order valence-electron chi connectivity index (χ2n) is 5.88. The van der Waals surface area contributed by atoms with Crippen LogP contribution in [0.4, 0.5) is 5.69 Å². The molecule has 1 N–H and O–H groups in total. The van der Waals surface area contributed by atoms with Gasteiger partial charge in [-0.05, 0) is 29.8 Å². The summed E-state index contributed by atoms with van der Waals surface area (Å²) in [5, 5.41) is 2.74. The second-order valence-corrected chi connectivity index (χ2v) is 5.88. The van der Waals surface area contributed by atoms with Crippen molar-refractivity contribution in [3.8, 4) is 11.5 Å². The Bertz CT molecular complexity index is 814. The summed E-state index contributed by atoms with van der Waals surface area (Å²) in [6.45, 7) is 3.50. The smallest absolute Gasteiger partial charge is 0.259 e. The van der Waals surface area contributed by atoms with E-state index < -0.39 is 5.91 Å². The minimum atomic E-state index is -0.504. The third kappa shape index (κ3) is 4.69. The average molecular weight is 354 g/mol. The van der Waals surface area contributed by atoms with Crippen molar-refractivity contribution in [1.82, 2.24) is 4.98 Å².